The number of phenols is 1. The van der Waals surface area contributed by atoms with E-state index in [0.29, 0.717) is 11.3 Å². The van der Waals surface area contributed by atoms with Crippen molar-refractivity contribution in [2.45, 2.75) is 13.0 Å². The zero-order valence-electron chi connectivity index (χ0n) is 10.9. The maximum atomic E-state index is 10.8. The molecule has 2 aromatic carbocycles. The van der Waals surface area contributed by atoms with Crippen LogP contribution in [0, 0.1) is 0 Å². The van der Waals surface area contributed by atoms with Crippen molar-refractivity contribution in [3.05, 3.63) is 59.2 Å². The number of aromatic carboxylic acids is 1. The Kier molecular flexibility index (Phi) is 3.06. The second-order valence-electron chi connectivity index (χ2n) is 4.98. The zero-order valence-corrected chi connectivity index (χ0v) is 10.9. The predicted octanol–water partition coefficient (Wildman–Crippen LogP) is 2.65. The number of carboxylic acid groups (broad SMARTS) is 1. The van der Waals surface area contributed by atoms with Crippen molar-refractivity contribution in [3.8, 4) is 5.75 Å². The third-order valence-corrected chi connectivity index (χ3v) is 3.68. The molecular formula is C16H15NO3. The van der Waals surface area contributed by atoms with E-state index in [0.717, 1.165) is 25.2 Å². The van der Waals surface area contributed by atoms with Crippen LogP contribution in [0.5, 0.6) is 5.75 Å². The van der Waals surface area contributed by atoms with Crippen LogP contribution in [0.15, 0.2) is 42.5 Å². The maximum absolute atomic E-state index is 10.8. The summed E-state index contributed by atoms with van der Waals surface area (Å²) in [5.41, 5.74) is 3.71. The number of phenolic OH excluding ortho intramolecular Hbond substituents is 1. The molecule has 1 aliphatic rings. The largest absolute Gasteiger partial charge is 0.508 e. The van der Waals surface area contributed by atoms with E-state index in [9.17, 15) is 9.90 Å². The van der Waals surface area contributed by atoms with Crippen LogP contribution in [0.1, 0.15) is 21.5 Å². The van der Waals surface area contributed by atoms with Gasteiger partial charge in [-0.25, -0.2) is 4.79 Å². The summed E-state index contributed by atoms with van der Waals surface area (Å²) in [5.74, 6) is -0.598. The Morgan fingerprint density at radius 3 is 2.50 bits per heavy atom. The molecule has 2 N–H and O–H groups in total. The number of aromatic hydroxyl groups is 1. The lowest BCUT2D eigenvalue weighted by Gasteiger charge is -2.30. The van der Waals surface area contributed by atoms with Gasteiger partial charge < -0.3 is 15.1 Å². The van der Waals surface area contributed by atoms with Crippen molar-refractivity contribution < 1.29 is 15.0 Å². The van der Waals surface area contributed by atoms with E-state index < -0.39 is 5.97 Å². The SMILES string of the molecule is O=C(O)c1ccc(N2CCc3cc(O)ccc3C2)cc1. The Morgan fingerprint density at radius 2 is 1.80 bits per heavy atom. The molecule has 2 aromatic rings. The highest BCUT2D eigenvalue weighted by molar-refractivity contribution is 5.88. The van der Waals surface area contributed by atoms with E-state index in [-0.39, 0.29) is 0 Å². The van der Waals surface area contributed by atoms with Gasteiger partial charge in [0.15, 0.2) is 0 Å². The molecule has 0 saturated heterocycles. The van der Waals surface area contributed by atoms with Crippen LogP contribution in [0.2, 0.25) is 0 Å². The van der Waals surface area contributed by atoms with Crippen molar-refractivity contribution in [2.24, 2.45) is 0 Å². The molecule has 0 unspecified atom stereocenters. The first kappa shape index (κ1) is 12.5. The van der Waals surface area contributed by atoms with E-state index in [2.05, 4.69) is 4.90 Å². The summed E-state index contributed by atoms with van der Waals surface area (Å²) >= 11 is 0. The van der Waals surface area contributed by atoms with Gasteiger partial charge in [0.1, 0.15) is 5.75 Å². The summed E-state index contributed by atoms with van der Waals surface area (Å²) in [6.45, 7) is 1.64. The normalized spacial score (nSPS) is 13.9. The zero-order chi connectivity index (χ0) is 14.1. The number of fused-ring (bicyclic) bond motifs is 1. The minimum atomic E-state index is -0.906. The Balaban J connectivity index is 1.83. The number of hydrogen-bond donors (Lipinski definition) is 2. The van der Waals surface area contributed by atoms with Crippen LogP contribution < -0.4 is 4.90 Å². The van der Waals surface area contributed by atoms with Gasteiger partial charge in [0.25, 0.3) is 0 Å². The summed E-state index contributed by atoms with van der Waals surface area (Å²) in [7, 11) is 0. The lowest BCUT2D eigenvalue weighted by atomic mass is 9.99. The first-order chi connectivity index (χ1) is 9.63. The Bertz CT molecular complexity index is 649. The highest BCUT2D eigenvalue weighted by Gasteiger charge is 2.17. The van der Waals surface area contributed by atoms with Crippen LogP contribution in [-0.4, -0.2) is 22.7 Å². The molecule has 0 amide bonds. The molecule has 4 nitrogen and oxygen atoms in total. The van der Waals surface area contributed by atoms with Gasteiger partial charge in [-0.05, 0) is 53.9 Å². The standard InChI is InChI=1S/C16H15NO3/c18-15-6-3-13-10-17(8-7-12(13)9-15)14-4-1-11(2-5-14)16(19)20/h1-6,9,18H,7-8,10H2,(H,19,20). The molecule has 0 aliphatic carbocycles. The molecule has 0 bridgehead atoms. The smallest absolute Gasteiger partial charge is 0.335 e. The molecule has 4 heteroatoms. The van der Waals surface area contributed by atoms with E-state index in [1.54, 1.807) is 18.2 Å². The number of carbonyl (C=O) groups is 1. The van der Waals surface area contributed by atoms with E-state index in [4.69, 9.17) is 5.11 Å². The lowest BCUT2D eigenvalue weighted by molar-refractivity contribution is 0.0697. The molecule has 1 aliphatic heterocycles. The second kappa shape index (κ2) is 4.89. The average molecular weight is 269 g/mol. The number of anilines is 1. The third-order valence-electron chi connectivity index (χ3n) is 3.68. The topological polar surface area (TPSA) is 60.8 Å². The van der Waals surface area contributed by atoms with Gasteiger partial charge in [0.2, 0.25) is 0 Å². The molecule has 3 rings (SSSR count). The predicted molar refractivity (Wildman–Crippen MR) is 76.3 cm³/mol. The second-order valence-corrected chi connectivity index (χ2v) is 4.98. The van der Waals surface area contributed by atoms with Gasteiger partial charge in [-0.2, -0.15) is 0 Å². The molecule has 1 heterocycles. The molecule has 0 fully saturated rings. The van der Waals surface area contributed by atoms with E-state index in [1.165, 1.54) is 11.1 Å². The number of carboxylic acids is 1. The minimum Gasteiger partial charge on any atom is -0.508 e. The van der Waals surface area contributed by atoms with Crippen molar-refractivity contribution in [1.29, 1.82) is 0 Å². The van der Waals surface area contributed by atoms with Crippen LogP contribution in [0.3, 0.4) is 0 Å². The van der Waals surface area contributed by atoms with Crippen LogP contribution >= 0.6 is 0 Å². The molecule has 20 heavy (non-hydrogen) atoms. The van der Waals surface area contributed by atoms with Crippen molar-refractivity contribution in [2.75, 3.05) is 11.4 Å². The van der Waals surface area contributed by atoms with Gasteiger partial charge in [0, 0.05) is 18.8 Å². The lowest BCUT2D eigenvalue weighted by Crippen LogP contribution is -2.30. The van der Waals surface area contributed by atoms with Crippen molar-refractivity contribution >= 4 is 11.7 Å². The fourth-order valence-electron chi connectivity index (χ4n) is 2.57. The summed E-state index contributed by atoms with van der Waals surface area (Å²) in [6, 6.07) is 12.4. The van der Waals surface area contributed by atoms with Gasteiger partial charge in [0.05, 0.1) is 5.56 Å². The first-order valence-electron chi connectivity index (χ1n) is 6.52. The molecular weight excluding hydrogens is 254 g/mol. The summed E-state index contributed by atoms with van der Waals surface area (Å²) in [5, 5.41) is 18.4. The Labute approximate surface area is 116 Å². The number of benzene rings is 2. The minimum absolute atomic E-state index is 0.302. The molecule has 102 valence electrons. The average Bonchev–Trinajstić information content (AvgIpc) is 2.47. The first-order valence-corrected chi connectivity index (χ1v) is 6.52. The summed E-state index contributed by atoms with van der Waals surface area (Å²) in [6.07, 6.45) is 0.879. The molecule has 0 atom stereocenters. The summed E-state index contributed by atoms with van der Waals surface area (Å²) in [4.78, 5) is 13.1. The van der Waals surface area contributed by atoms with Gasteiger partial charge in [-0.3, -0.25) is 0 Å². The molecule has 0 aromatic heterocycles. The summed E-state index contributed by atoms with van der Waals surface area (Å²) < 4.78 is 0. The number of hydrogen-bond acceptors (Lipinski definition) is 3. The van der Waals surface area contributed by atoms with Gasteiger partial charge in [-0.1, -0.05) is 6.07 Å². The monoisotopic (exact) mass is 269 g/mol. The Morgan fingerprint density at radius 1 is 1.05 bits per heavy atom. The highest BCUT2D eigenvalue weighted by atomic mass is 16.4. The maximum Gasteiger partial charge on any atom is 0.335 e. The van der Waals surface area contributed by atoms with Gasteiger partial charge in [-0.15, -0.1) is 0 Å². The number of nitrogens with zero attached hydrogens (tertiary/aromatic N) is 1. The van der Waals surface area contributed by atoms with Gasteiger partial charge >= 0.3 is 5.97 Å². The third kappa shape index (κ3) is 2.32. The van der Waals surface area contributed by atoms with E-state index in [1.807, 2.05) is 24.3 Å². The Hall–Kier alpha value is -2.49. The molecule has 0 spiro atoms. The van der Waals surface area contributed by atoms with Crippen LogP contribution in [0.4, 0.5) is 5.69 Å². The van der Waals surface area contributed by atoms with Crippen LogP contribution in [0.25, 0.3) is 0 Å². The fraction of sp³-hybridized carbons (Fsp3) is 0.188. The fourth-order valence-corrected chi connectivity index (χ4v) is 2.57. The molecule has 0 radical (unpaired) electrons. The molecule has 0 saturated carbocycles. The van der Waals surface area contributed by atoms with Crippen LogP contribution in [-0.2, 0) is 13.0 Å². The highest BCUT2D eigenvalue weighted by Crippen LogP contribution is 2.27. The van der Waals surface area contributed by atoms with E-state index >= 15 is 0 Å². The quantitative estimate of drug-likeness (QED) is 0.880. The van der Waals surface area contributed by atoms with Crippen molar-refractivity contribution in [3.63, 3.8) is 0 Å². The number of rotatable bonds is 2. The van der Waals surface area contributed by atoms with Crippen molar-refractivity contribution in [1.82, 2.24) is 0 Å².